The summed E-state index contributed by atoms with van der Waals surface area (Å²) in [7, 11) is -3.79. The first-order chi connectivity index (χ1) is 7.81. The Bertz CT molecular complexity index is 265. The van der Waals surface area contributed by atoms with Crippen molar-refractivity contribution in [1.29, 1.82) is 0 Å². The Morgan fingerprint density at radius 2 is 1.29 bits per heavy atom. The average Bonchev–Trinajstić information content (AvgIpc) is 2.11. The van der Waals surface area contributed by atoms with Crippen LogP contribution in [-0.2, 0) is 27.7 Å². The average molecular weight is 266 g/mol. The van der Waals surface area contributed by atoms with E-state index in [1.165, 1.54) is 0 Å². The Balaban J connectivity index is 4.95. The van der Waals surface area contributed by atoms with Crippen LogP contribution >= 0.6 is 0 Å². The van der Waals surface area contributed by atoms with Gasteiger partial charge in [0, 0.05) is 20.8 Å². The van der Waals surface area contributed by atoms with Crippen molar-refractivity contribution in [3.05, 3.63) is 0 Å². The molecule has 0 radical (unpaired) electrons. The van der Waals surface area contributed by atoms with Gasteiger partial charge in [0.1, 0.15) is 0 Å². The van der Waals surface area contributed by atoms with Crippen molar-refractivity contribution >= 4 is 26.7 Å². The van der Waals surface area contributed by atoms with Crippen molar-refractivity contribution < 1.29 is 32.1 Å². The lowest BCUT2D eigenvalue weighted by Crippen LogP contribution is -2.49. The molecular formula is C9H15FO6Si. The summed E-state index contributed by atoms with van der Waals surface area (Å²) in [6.45, 7) is 2.57. The van der Waals surface area contributed by atoms with Gasteiger partial charge in [0.15, 0.2) is 0 Å². The van der Waals surface area contributed by atoms with Gasteiger partial charge in [-0.15, -0.1) is 0 Å². The Labute approximate surface area is 99.4 Å². The quantitative estimate of drug-likeness (QED) is 0.667. The van der Waals surface area contributed by atoms with Gasteiger partial charge in [0.2, 0.25) is 0 Å². The molecule has 0 fully saturated rings. The molecule has 0 N–H and O–H groups in total. The molecule has 0 aromatic carbocycles. The van der Waals surface area contributed by atoms with Crippen LogP contribution < -0.4 is 0 Å². The molecular weight excluding hydrogens is 251 g/mol. The molecule has 0 atom stereocenters. The molecule has 17 heavy (non-hydrogen) atoms. The molecule has 8 heteroatoms. The highest BCUT2D eigenvalue weighted by atomic mass is 28.4. The Morgan fingerprint density at radius 1 is 0.941 bits per heavy atom. The number of hydrogen-bond acceptors (Lipinski definition) is 6. The van der Waals surface area contributed by atoms with Crippen LogP contribution in [0.5, 0.6) is 0 Å². The summed E-state index contributed by atoms with van der Waals surface area (Å²) in [4.78, 5) is 32.8. The maximum atomic E-state index is 12.1. The number of alkyl halides is 1. The van der Waals surface area contributed by atoms with Crippen LogP contribution in [0.25, 0.3) is 0 Å². The number of carbonyl (C=O) groups is 3. The minimum absolute atomic E-state index is 0.0277. The second-order valence-corrected chi connectivity index (χ2v) is 5.73. The topological polar surface area (TPSA) is 78.9 Å². The summed E-state index contributed by atoms with van der Waals surface area (Å²) in [6, 6.07) is -0.123. The summed E-state index contributed by atoms with van der Waals surface area (Å²) >= 11 is 0. The number of rotatable bonds is 6. The fourth-order valence-electron chi connectivity index (χ4n) is 1.16. The highest BCUT2D eigenvalue weighted by Crippen LogP contribution is 2.19. The molecule has 0 amide bonds. The Morgan fingerprint density at radius 3 is 1.53 bits per heavy atom. The van der Waals surface area contributed by atoms with E-state index in [2.05, 4.69) is 0 Å². The maximum absolute atomic E-state index is 12.1. The zero-order chi connectivity index (χ0) is 13.5. The van der Waals surface area contributed by atoms with Gasteiger partial charge in [-0.05, 0) is 6.42 Å². The number of hydrogen-bond donors (Lipinski definition) is 0. The highest BCUT2D eigenvalue weighted by Gasteiger charge is 2.51. The van der Waals surface area contributed by atoms with E-state index < -0.39 is 33.4 Å². The van der Waals surface area contributed by atoms with Gasteiger partial charge in [-0.1, -0.05) is 0 Å². The van der Waals surface area contributed by atoms with Crippen molar-refractivity contribution in [2.45, 2.75) is 33.2 Å². The van der Waals surface area contributed by atoms with Crippen molar-refractivity contribution in [2.24, 2.45) is 0 Å². The standard InChI is InChI=1S/C9H15FO6Si/c1-7(11)14-17(6-4-5-10,15-8(2)12)16-9(3)13/h4-6H2,1-3H3. The van der Waals surface area contributed by atoms with Gasteiger partial charge in [-0.2, -0.15) is 0 Å². The SMILES string of the molecule is CC(=O)O[Si](CCCF)(OC(C)=O)OC(C)=O. The van der Waals surface area contributed by atoms with E-state index in [9.17, 15) is 18.8 Å². The van der Waals surface area contributed by atoms with Crippen LogP contribution in [0.1, 0.15) is 27.2 Å². The molecule has 0 aliphatic carbocycles. The van der Waals surface area contributed by atoms with E-state index in [0.29, 0.717) is 0 Å². The van der Waals surface area contributed by atoms with Gasteiger partial charge in [0.25, 0.3) is 17.9 Å². The molecule has 0 aromatic heterocycles. The molecule has 0 aliphatic heterocycles. The third-order valence-electron chi connectivity index (χ3n) is 1.51. The normalized spacial score (nSPS) is 10.6. The van der Waals surface area contributed by atoms with Crippen LogP contribution in [0.15, 0.2) is 0 Å². The van der Waals surface area contributed by atoms with Gasteiger partial charge in [0.05, 0.1) is 12.7 Å². The lowest BCUT2D eigenvalue weighted by molar-refractivity contribution is -0.147. The first kappa shape index (κ1) is 15.6. The second-order valence-electron chi connectivity index (χ2n) is 3.26. The maximum Gasteiger partial charge on any atom is 0.705 e. The van der Waals surface area contributed by atoms with Crippen molar-refractivity contribution in [3.8, 4) is 0 Å². The first-order valence-electron chi connectivity index (χ1n) is 4.96. The van der Waals surface area contributed by atoms with Crippen molar-refractivity contribution in [3.63, 3.8) is 0 Å². The van der Waals surface area contributed by atoms with Gasteiger partial charge in [-0.3, -0.25) is 18.8 Å². The van der Waals surface area contributed by atoms with Gasteiger partial charge >= 0.3 is 8.80 Å². The molecule has 0 unspecified atom stereocenters. The molecule has 0 bridgehead atoms. The largest absolute Gasteiger partial charge is 0.705 e. The van der Waals surface area contributed by atoms with E-state index >= 15 is 0 Å². The van der Waals surface area contributed by atoms with Crippen LogP contribution in [-0.4, -0.2) is 33.4 Å². The monoisotopic (exact) mass is 266 g/mol. The zero-order valence-corrected chi connectivity index (χ0v) is 10.9. The Hall–Kier alpha value is -1.44. The molecule has 0 rings (SSSR count). The van der Waals surface area contributed by atoms with E-state index in [4.69, 9.17) is 13.3 Å². The summed E-state index contributed by atoms with van der Waals surface area (Å²) in [5, 5.41) is 0. The summed E-state index contributed by atoms with van der Waals surface area (Å²) < 4.78 is 26.6. The molecule has 6 nitrogen and oxygen atoms in total. The fraction of sp³-hybridized carbons (Fsp3) is 0.667. The van der Waals surface area contributed by atoms with Gasteiger partial charge in [-0.25, -0.2) is 0 Å². The van der Waals surface area contributed by atoms with Gasteiger partial charge < -0.3 is 13.3 Å². The molecule has 0 spiro atoms. The Kier molecular flexibility index (Phi) is 6.40. The molecule has 0 aromatic rings. The summed E-state index contributed by atoms with van der Waals surface area (Å²) in [5.74, 6) is -2.26. The first-order valence-corrected chi connectivity index (χ1v) is 6.89. The molecule has 98 valence electrons. The second kappa shape index (κ2) is 7.00. The third-order valence-corrected chi connectivity index (χ3v) is 4.28. The van der Waals surface area contributed by atoms with Crippen LogP contribution in [0.3, 0.4) is 0 Å². The lowest BCUT2D eigenvalue weighted by Gasteiger charge is -2.25. The van der Waals surface area contributed by atoms with Crippen LogP contribution in [0, 0.1) is 0 Å². The van der Waals surface area contributed by atoms with Crippen LogP contribution in [0.2, 0.25) is 6.04 Å². The van der Waals surface area contributed by atoms with Crippen molar-refractivity contribution in [2.75, 3.05) is 6.67 Å². The van der Waals surface area contributed by atoms with Crippen molar-refractivity contribution in [1.82, 2.24) is 0 Å². The number of halogens is 1. The summed E-state index contributed by atoms with van der Waals surface area (Å²) in [5.41, 5.74) is 0. The predicted octanol–water partition coefficient (Wildman–Crippen LogP) is 0.974. The third kappa shape index (κ3) is 6.67. The fourth-order valence-corrected chi connectivity index (χ4v) is 3.47. The predicted molar refractivity (Wildman–Crippen MR) is 56.5 cm³/mol. The smallest absolute Gasteiger partial charge is 0.455 e. The lowest BCUT2D eigenvalue weighted by atomic mass is 10.6. The zero-order valence-electron chi connectivity index (χ0n) is 9.95. The van der Waals surface area contributed by atoms with E-state index in [1.807, 2.05) is 0 Å². The van der Waals surface area contributed by atoms with E-state index in [-0.39, 0.29) is 12.5 Å². The molecule has 0 saturated carbocycles. The van der Waals surface area contributed by atoms with E-state index in [0.717, 1.165) is 20.8 Å². The summed E-state index contributed by atoms with van der Waals surface area (Å²) in [6.07, 6.45) is -0.0277. The highest BCUT2D eigenvalue weighted by molar-refractivity contribution is 6.65. The molecule has 0 heterocycles. The minimum atomic E-state index is -3.79. The molecule has 0 aliphatic rings. The van der Waals surface area contributed by atoms with Crippen LogP contribution in [0.4, 0.5) is 4.39 Å². The minimum Gasteiger partial charge on any atom is -0.455 e. The van der Waals surface area contributed by atoms with E-state index in [1.54, 1.807) is 0 Å². The molecule has 0 saturated heterocycles. The number of carbonyl (C=O) groups excluding carboxylic acids is 3.